The van der Waals surface area contributed by atoms with Gasteiger partial charge in [-0.25, -0.2) is 5.01 Å². The Kier molecular flexibility index (Phi) is 4.34. The molecule has 2 heterocycles. The SMILES string of the molecule is CC(=O)N[C@H]1CCCN2CC[C@@H](CC3=CCc4ccccc43)N2C1=O. The highest BCUT2D eigenvalue weighted by molar-refractivity contribution is 5.87. The number of carbonyl (C=O) groups is 2. The van der Waals surface area contributed by atoms with Crippen LogP contribution in [0.25, 0.3) is 5.57 Å². The molecule has 3 aliphatic rings. The second kappa shape index (κ2) is 6.64. The van der Waals surface area contributed by atoms with Crippen LogP contribution < -0.4 is 5.32 Å². The van der Waals surface area contributed by atoms with Crippen molar-refractivity contribution in [1.82, 2.24) is 15.3 Å². The minimum Gasteiger partial charge on any atom is -0.344 e. The third-order valence-corrected chi connectivity index (χ3v) is 5.57. The van der Waals surface area contributed by atoms with Crippen molar-refractivity contribution in [2.45, 2.75) is 51.1 Å². The molecule has 132 valence electrons. The minimum absolute atomic E-state index is 0.0575. The van der Waals surface area contributed by atoms with Gasteiger partial charge in [0.05, 0.1) is 6.04 Å². The van der Waals surface area contributed by atoms with Crippen LogP contribution in [-0.4, -0.2) is 47.0 Å². The molecule has 0 radical (unpaired) electrons. The Morgan fingerprint density at radius 3 is 2.92 bits per heavy atom. The van der Waals surface area contributed by atoms with Crippen molar-refractivity contribution >= 4 is 17.4 Å². The first kappa shape index (κ1) is 16.3. The van der Waals surface area contributed by atoms with E-state index in [2.05, 4.69) is 40.7 Å². The molecule has 25 heavy (non-hydrogen) atoms. The molecule has 2 atom stereocenters. The molecule has 0 bridgehead atoms. The molecule has 0 aromatic heterocycles. The van der Waals surface area contributed by atoms with E-state index in [4.69, 9.17) is 0 Å². The van der Waals surface area contributed by atoms with Gasteiger partial charge in [0.15, 0.2) is 0 Å². The van der Waals surface area contributed by atoms with Gasteiger partial charge < -0.3 is 5.32 Å². The number of carbonyl (C=O) groups excluding carboxylic acids is 2. The summed E-state index contributed by atoms with van der Waals surface area (Å²) in [4.78, 5) is 24.5. The quantitative estimate of drug-likeness (QED) is 0.918. The Morgan fingerprint density at radius 1 is 1.24 bits per heavy atom. The number of nitrogens with zero attached hydrogens (tertiary/aromatic N) is 2. The van der Waals surface area contributed by atoms with Crippen molar-refractivity contribution in [3.05, 3.63) is 41.5 Å². The zero-order valence-electron chi connectivity index (χ0n) is 14.7. The van der Waals surface area contributed by atoms with Crippen LogP contribution in [0.3, 0.4) is 0 Å². The molecule has 1 aromatic rings. The van der Waals surface area contributed by atoms with Crippen molar-refractivity contribution in [2.24, 2.45) is 0 Å². The minimum atomic E-state index is -0.382. The molecule has 0 spiro atoms. The van der Waals surface area contributed by atoms with Gasteiger partial charge in [-0.15, -0.1) is 0 Å². The van der Waals surface area contributed by atoms with Gasteiger partial charge in [-0.1, -0.05) is 30.3 Å². The molecule has 2 fully saturated rings. The van der Waals surface area contributed by atoms with Crippen molar-refractivity contribution in [1.29, 1.82) is 0 Å². The lowest BCUT2D eigenvalue weighted by atomic mass is 9.98. The third kappa shape index (κ3) is 3.09. The van der Waals surface area contributed by atoms with E-state index in [1.165, 1.54) is 23.6 Å². The van der Waals surface area contributed by atoms with E-state index >= 15 is 0 Å². The Bertz CT molecular complexity index is 727. The van der Waals surface area contributed by atoms with E-state index in [0.29, 0.717) is 0 Å². The number of allylic oxidation sites excluding steroid dienone is 1. The molecule has 1 aliphatic carbocycles. The summed E-state index contributed by atoms with van der Waals surface area (Å²) in [6, 6.07) is 8.35. The number of amides is 2. The van der Waals surface area contributed by atoms with Crippen LogP contribution in [0.15, 0.2) is 30.3 Å². The summed E-state index contributed by atoms with van der Waals surface area (Å²) >= 11 is 0. The maximum Gasteiger partial charge on any atom is 0.259 e. The van der Waals surface area contributed by atoms with Crippen LogP contribution in [0.1, 0.15) is 43.7 Å². The maximum absolute atomic E-state index is 13.0. The summed E-state index contributed by atoms with van der Waals surface area (Å²) in [5.74, 6) is -0.0722. The normalized spacial score (nSPS) is 26.0. The van der Waals surface area contributed by atoms with Crippen LogP contribution in [0.5, 0.6) is 0 Å². The molecule has 1 aromatic carbocycles. The first-order valence-electron chi connectivity index (χ1n) is 9.26. The zero-order chi connectivity index (χ0) is 17.4. The van der Waals surface area contributed by atoms with Crippen molar-refractivity contribution < 1.29 is 9.59 Å². The summed E-state index contributed by atoms with van der Waals surface area (Å²) in [5.41, 5.74) is 4.07. The average Bonchev–Trinajstić information content (AvgIpc) is 3.14. The standard InChI is InChI=1S/C20H25N3O2/c1-14(24)21-19-7-4-11-22-12-10-17(23(22)20(19)25)13-16-9-8-15-5-2-3-6-18(15)16/h2-3,5-6,9,17,19H,4,7-8,10-13H2,1H3,(H,21,24)/t17-,19-/m0/s1. The second-order valence-corrected chi connectivity index (χ2v) is 7.27. The van der Waals surface area contributed by atoms with Crippen LogP contribution in [-0.2, 0) is 16.0 Å². The number of nitrogens with one attached hydrogen (secondary N) is 1. The van der Waals surface area contributed by atoms with Gasteiger partial charge in [0, 0.05) is 20.0 Å². The van der Waals surface area contributed by atoms with E-state index in [1.807, 2.05) is 5.01 Å². The maximum atomic E-state index is 13.0. The highest BCUT2D eigenvalue weighted by atomic mass is 16.2. The highest BCUT2D eigenvalue weighted by Gasteiger charge is 2.41. The molecule has 2 aliphatic heterocycles. The van der Waals surface area contributed by atoms with Crippen molar-refractivity contribution in [3.8, 4) is 0 Å². The lowest BCUT2D eigenvalue weighted by Gasteiger charge is -2.32. The Balaban J connectivity index is 1.53. The van der Waals surface area contributed by atoms with E-state index < -0.39 is 0 Å². The van der Waals surface area contributed by atoms with Gasteiger partial charge in [-0.3, -0.25) is 14.6 Å². The van der Waals surface area contributed by atoms with Gasteiger partial charge in [0.1, 0.15) is 6.04 Å². The summed E-state index contributed by atoms with van der Waals surface area (Å²) in [6.45, 7) is 3.31. The van der Waals surface area contributed by atoms with E-state index in [1.54, 1.807) is 0 Å². The summed E-state index contributed by atoms with van der Waals surface area (Å²) < 4.78 is 0. The second-order valence-electron chi connectivity index (χ2n) is 7.27. The first-order valence-corrected chi connectivity index (χ1v) is 9.26. The summed E-state index contributed by atoms with van der Waals surface area (Å²) in [7, 11) is 0. The molecule has 5 heteroatoms. The molecule has 1 N–H and O–H groups in total. The fourth-order valence-corrected chi connectivity index (χ4v) is 4.43. The van der Waals surface area contributed by atoms with Gasteiger partial charge in [-0.2, -0.15) is 0 Å². The van der Waals surface area contributed by atoms with Crippen LogP contribution in [0, 0.1) is 0 Å². The summed E-state index contributed by atoms with van der Waals surface area (Å²) in [6.07, 6.45) is 6.85. The van der Waals surface area contributed by atoms with Gasteiger partial charge in [0.2, 0.25) is 5.91 Å². The first-order chi connectivity index (χ1) is 12.1. The predicted octanol–water partition coefficient (Wildman–Crippen LogP) is 2.13. The number of hydrazine groups is 1. The monoisotopic (exact) mass is 339 g/mol. The number of rotatable bonds is 3. The Hall–Kier alpha value is -2.14. The molecule has 4 rings (SSSR count). The van der Waals surface area contributed by atoms with Crippen LogP contribution >= 0.6 is 0 Å². The number of fused-ring (bicyclic) bond motifs is 2. The Morgan fingerprint density at radius 2 is 2.08 bits per heavy atom. The van der Waals surface area contributed by atoms with Gasteiger partial charge in [0.25, 0.3) is 5.91 Å². The van der Waals surface area contributed by atoms with Gasteiger partial charge in [-0.05, 0) is 48.8 Å². The molecular weight excluding hydrogens is 314 g/mol. The number of hydrogen-bond acceptors (Lipinski definition) is 3. The fraction of sp³-hybridized carbons (Fsp3) is 0.500. The van der Waals surface area contributed by atoms with E-state index in [9.17, 15) is 9.59 Å². The van der Waals surface area contributed by atoms with Crippen molar-refractivity contribution in [3.63, 3.8) is 0 Å². The van der Waals surface area contributed by atoms with Gasteiger partial charge >= 0.3 is 0 Å². The zero-order valence-corrected chi connectivity index (χ0v) is 14.7. The number of benzene rings is 1. The number of hydrogen-bond donors (Lipinski definition) is 1. The smallest absolute Gasteiger partial charge is 0.259 e. The van der Waals surface area contributed by atoms with Crippen LogP contribution in [0.4, 0.5) is 0 Å². The summed E-state index contributed by atoms with van der Waals surface area (Å²) in [5, 5.41) is 6.99. The average molecular weight is 339 g/mol. The third-order valence-electron chi connectivity index (χ3n) is 5.57. The lowest BCUT2D eigenvalue weighted by molar-refractivity contribution is -0.148. The van der Waals surface area contributed by atoms with E-state index in [0.717, 1.165) is 45.2 Å². The molecule has 0 saturated carbocycles. The largest absolute Gasteiger partial charge is 0.344 e. The topological polar surface area (TPSA) is 52.7 Å². The fourth-order valence-electron chi connectivity index (χ4n) is 4.43. The van der Waals surface area contributed by atoms with Crippen LogP contribution in [0.2, 0.25) is 0 Å². The molecule has 2 saturated heterocycles. The molecule has 5 nitrogen and oxygen atoms in total. The highest BCUT2D eigenvalue weighted by Crippen LogP contribution is 2.35. The van der Waals surface area contributed by atoms with E-state index in [-0.39, 0.29) is 23.9 Å². The lowest BCUT2D eigenvalue weighted by Crippen LogP contribution is -2.52. The predicted molar refractivity (Wildman–Crippen MR) is 96.4 cm³/mol. The molecule has 2 amide bonds. The Labute approximate surface area is 148 Å². The molecule has 0 unspecified atom stereocenters. The molecular formula is C20H25N3O2. The van der Waals surface area contributed by atoms with Crippen molar-refractivity contribution in [2.75, 3.05) is 13.1 Å².